The fourth-order valence-corrected chi connectivity index (χ4v) is 1.59. The van der Waals surface area contributed by atoms with Crippen molar-refractivity contribution in [3.05, 3.63) is 11.9 Å². The van der Waals surface area contributed by atoms with Gasteiger partial charge in [0.15, 0.2) is 0 Å². The summed E-state index contributed by atoms with van der Waals surface area (Å²) in [4.78, 5) is 0. The maximum atomic E-state index is 5.91. The van der Waals surface area contributed by atoms with E-state index in [1.54, 1.807) is 0 Å². The van der Waals surface area contributed by atoms with Crippen LogP contribution in [0.5, 0.6) is 0 Å². The summed E-state index contributed by atoms with van der Waals surface area (Å²) in [6, 6.07) is 0. The Balaban J connectivity index is 2.58. The van der Waals surface area contributed by atoms with E-state index in [-0.39, 0.29) is 5.66 Å². The first-order chi connectivity index (χ1) is 6.25. The van der Waals surface area contributed by atoms with Gasteiger partial charge in [-0.1, -0.05) is 20.3 Å². The van der Waals surface area contributed by atoms with E-state index in [4.69, 9.17) is 5.73 Å². The van der Waals surface area contributed by atoms with Crippen molar-refractivity contribution >= 4 is 0 Å². The minimum atomic E-state index is -0.218. The Bertz CT molecular complexity index is 190. The van der Waals surface area contributed by atoms with E-state index in [9.17, 15) is 0 Å². The van der Waals surface area contributed by atoms with E-state index in [2.05, 4.69) is 30.0 Å². The van der Waals surface area contributed by atoms with Gasteiger partial charge in [0, 0.05) is 6.20 Å². The quantitative estimate of drug-likeness (QED) is 0.499. The Morgan fingerprint density at radius 1 is 1.46 bits per heavy atom. The molecule has 0 aromatic rings. The Labute approximate surface area is 79.9 Å². The third kappa shape index (κ3) is 2.14. The molecule has 76 valence electrons. The Morgan fingerprint density at radius 2 is 2.23 bits per heavy atom. The van der Waals surface area contributed by atoms with Gasteiger partial charge in [-0.15, -0.1) is 0 Å². The maximum Gasteiger partial charge on any atom is 0.128 e. The largest absolute Gasteiger partial charge is 0.398 e. The van der Waals surface area contributed by atoms with E-state index in [1.807, 2.05) is 6.20 Å². The first kappa shape index (κ1) is 10.3. The molecule has 0 amide bonds. The van der Waals surface area contributed by atoms with E-state index in [0.717, 1.165) is 31.5 Å². The van der Waals surface area contributed by atoms with Gasteiger partial charge in [-0.3, -0.25) is 5.32 Å². The van der Waals surface area contributed by atoms with Gasteiger partial charge in [-0.25, -0.2) is 5.43 Å². The lowest BCUT2D eigenvalue weighted by atomic mass is 10.0. The second-order valence-electron chi connectivity index (χ2n) is 3.45. The Morgan fingerprint density at radius 3 is 2.69 bits per heavy atom. The average Bonchev–Trinajstić information content (AvgIpc) is 2.46. The number of nitrogens with one attached hydrogen (secondary N) is 3. The molecule has 1 aliphatic rings. The van der Waals surface area contributed by atoms with Gasteiger partial charge in [0.2, 0.25) is 0 Å². The standard InChI is InChI=1S/C9H20N4/c1-3-5-9(11-6-4-2)8(10)7-12-13-9/h7,11-13H,3-6,10H2,1-2H3. The van der Waals surface area contributed by atoms with Gasteiger partial charge in [0.1, 0.15) is 5.66 Å². The highest BCUT2D eigenvalue weighted by Crippen LogP contribution is 2.18. The molecule has 0 aromatic carbocycles. The second kappa shape index (κ2) is 4.48. The molecule has 1 heterocycles. The number of hydrogen-bond donors (Lipinski definition) is 4. The van der Waals surface area contributed by atoms with Crippen LogP contribution in [0.15, 0.2) is 11.9 Å². The number of hydrazine groups is 1. The molecule has 1 aliphatic heterocycles. The Kier molecular flexibility index (Phi) is 3.57. The smallest absolute Gasteiger partial charge is 0.128 e. The van der Waals surface area contributed by atoms with Crippen molar-refractivity contribution in [2.24, 2.45) is 5.73 Å². The van der Waals surface area contributed by atoms with Gasteiger partial charge in [-0.05, 0) is 19.4 Å². The summed E-state index contributed by atoms with van der Waals surface area (Å²) in [6.07, 6.45) is 5.03. The van der Waals surface area contributed by atoms with Crippen LogP contribution in [0, 0.1) is 0 Å². The summed E-state index contributed by atoms with van der Waals surface area (Å²) in [5.74, 6) is 0. The van der Waals surface area contributed by atoms with Gasteiger partial charge >= 0.3 is 0 Å². The average molecular weight is 184 g/mol. The molecule has 0 spiro atoms. The molecule has 0 radical (unpaired) electrons. The monoisotopic (exact) mass is 184 g/mol. The van der Waals surface area contributed by atoms with Crippen LogP contribution in [0.25, 0.3) is 0 Å². The van der Waals surface area contributed by atoms with Crippen molar-refractivity contribution in [3.63, 3.8) is 0 Å². The van der Waals surface area contributed by atoms with Crippen LogP contribution in [-0.2, 0) is 0 Å². The van der Waals surface area contributed by atoms with Crippen molar-refractivity contribution in [2.45, 2.75) is 38.8 Å². The van der Waals surface area contributed by atoms with E-state index >= 15 is 0 Å². The van der Waals surface area contributed by atoms with Gasteiger partial charge in [-0.2, -0.15) is 0 Å². The van der Waals surface area contributed by atoms with E-state index in [1.165, 1.54) is 0 Å². The lowest BCUT2D eigenvalue weighted by molar-refractivity contribution is 0.285. The van der Waals surface area contributed by atoms with Crippen molar-refractivity contribution in [1.82, 2.24) is 16.2 Å². The molecule has 5 N–H and O–H groups in total. The molecule has 0 saturated carbocycles. The van der Waals surface area contributed by atoms with Crippen LogP contribution in [0.4, 0.5) is 0 Å². The summed E-state index contributed by atoms with van der Waals surface area (Å²) >= 11 is 0. The summed E-state index contributed by atoms with van der Waals surface area (Å²) in [5, 5.41) is 3.43. The topological polar surface area (TPSA) is 62.1 Å². The fraction of sp³-hybridized carbons (Fsp3) is 0.778. The third-order valence-electron chi connectivity index (χ3n) is 2.31. The number of rotatable bonds is 5. The van der Waals surface area contributed by atoms with Gasteiger partial charge in [0.25, 0.3) is 0 Å². The zero-order valence-corrected chi connectivity index (χ0v) is 8.48. The molecular weight excluding hydrogens is 164 g/mol. The van der Waals surface area contributed by atoms with Gasteiger partial charge in [0.05, 0.1) is 5.70 Å². The van der Waals surface area contributed by atoms with Crippen LogP contribution >= 0.6 is 0 Å². The van der Waals surface area contributed by atoms with Crippen LogP contribution in [-0.4, -0.2) is 12.2 Å². The maximum absolute atomic E-state index is 5.91. The van der Waals surface area contributed by atoms with Crippen molar-refractivity contribution in [2.75, 3.05) is 6.54 Å². The summed E-state index contributed by atoms with van der Waals surface area (Å²) in [6.45, 7) is 5.28. The predicted octanol–water partition coefficient (Wildman–Crippen LogP) is 0.390. The SMILES string of the molecule is CCCNC1(CCC)NNC=C1N. The number of nitrogens with two attached hydrogens (primary N) is 1. The molecular formula is C9H20N4. The van der Waals surface area contributed by atoms with Crippen LogP contribution in [0.2, 0.25) is 0 Å². The molecule has 13 heavy (non-hydrogen) atoms. The van der Waals surface area contributed by atoms with Gasteiger partial charge < -0.3 is 11.2 Å². The molecule has 4 heteroatoms. The highest BCUT2D eigenvalue weighted by molar-refractivity contribution is 5.18. The highest BCUT2D eigenvalue weighted by Gasteiger charge is 2.34. The zero-order chi connectivity index (χ0) is 9.73. The Hall–Kier alpha value is -0.740. The minimum absolute atomic E-state index is 0.218. The fourth-order valence-electron chi connectivity index (χ4n) is 1.59. The number of hydrogen-bond acceptors (Lipinski definition) is 4. The van der Waals surface area contributed by atoms with Crippen molar-refractivity contribution in [3.8, 4) is 0 Å². The van der Waals surface area contributed by atoms with Crippen LogP contribution in [0.1, 0.15) is 33.1 Å². The van der Waals surface area contributed by atoms with Crippen molar-refractivity contribution in [1.29, 1.82) is 0 Å². The first-order valence-corrected chi connectivity index (χ1v) is 4.99. The predicted molar refractivity (Wildman–Crippen MR) is 54.5 cm³/mol. The first-order valence-electron chi connectivity index (χ1n) is 4.99. The van der Waals surface area contributed by atoms with Crippen LogP contribution < -0.4 is 21.9 Å². The summed E-state index contributed by atoms with van der Waals surface area (Å²) < 4.78 is 0. The normalized spacial score (nSPS) is 27.1. The minimum Gasteiger partial charge on any atom is -0.398 e. The molecule has 0 bridgehead atoms. The molecule has 0 saturated heterocycles. The molecule has 1 rings (SSSR count). The summed E-state index contributed by atoms with van der Waals surface area (Å²) in [7, 11) is 0. The second-order valence-corrected chi connectivity index (χ2v) is 3.45. The van der Waals surface area contributed by atoms with Crippen LogP contribution in [0.3, 0.4) is 0 Å². The molecule has 0 fully saturated rings. The molecule has 0 aliphatic carbocycles. The van der Waals surface area contributed by atoms with Crippen molar-refractivity contribution < 1.29 is 0 Å². The van der Waals surface area contributed by atoms with E-state index < -0.39 is 0 Å². The van der Waals surface area contributed by atoms with E-state index in [0.29, 0.717) is 0 Å². The lowest BCUT2D eigenvalue weighted by Crippen LogP contribution is -2.59. The molecule has 4 nitrogen and oxygen atoms in total. The lowest BCUT2D eigenvalue weighted by Gasteiger charge is -2.31. The molecule has 0 aromatic heterocycles. The summed E-state index contributed by atoms with van der Waals surface area (Å²) in [5.41, 5.74) is 12.7. The molecule has 1 atom stereocenters. The zero-order valence-electron chi connectivity index (χ0n) is 8.48. The highest BCUT2D eigenvalue weighted by atomic mass is 15.5. The third-order valence-corrected chi connectivity index (χ3v) is 2.31. The molecule has 1 unspecified atom stereocenters.